The van der Waals surface area contributed by atoms with E-state index in [4.69, 9.17) is 28.9 Å². The number of benzene rings is 1. The molecule has 0 aliphatic carbocycles. The van der Waals surface area contributed by atoms with E-state index in [1.807, 2.05) is 12.1 Å². The van der Waals surface area contributed by atoms with Crippen LogP contribution in [0.4, 0.5) is 0 Å². The molecule has 2 N–H and O–H groups in total. The summed E-state index contributed by atoms with van der Waals surface area (Å²) in [5, 5.41) is 1.57. The van der Waals surface area contributed by atoms with Crippen molar-refractivity contribution in [2.45, 2.75) is 29.5 Å². The van der Waals surface area contributed by atoms with E-state index in [0.717, 1.165) is 15.1 Å². The van der Waals surface area contributed by atoms with Gasteiger partial charge in [0.05, 0.1) is 14.1 Å². The molecular weight excluding hydrogens is 397 g/mol. The van der Waals surface area contributed by atoms with Gasteiger partial charge in [0.2, 0.25) is 0 Å². The van der Waals surface area contributed by atoms with Crippen LogP contribution in [0, 0.1) is 0 Å². The van der Waals surface area contributed by atoms with Crippen LogP contribution >= 0.6 is 62.2 Å². The van der Waals surface area contributed by atoms with E-state index in [-0.39, 0.29) is 11.3 Å². The van der Waals surface area contributed by atoms with Crippen molar-refractivity contribution in [3.63, 3.8) is 0 Å². The van der Waals surface area contributed by atoms with Crippen molar-refractivity contribution in [1.82, 2.24) is 0 Å². The highest BCUT2D eigenvalue weighted by Gasteiger charge is 2.22. The maximum Gasteiger partial charge on any atom is 0.0701 e. The van der Waals surface area contributed by atoms with Crippen molar-refractivity contribution < 1.29 is 0 Å². The second-order valence-electron chi connectivity index (χ2n) is 4.33. The summed E-state index contributed by atoms with van der Waals surface area (Å²) in [4.78, 5) is 2.21. The second-order valence-corrected chi connectivity index (χ2v) is 8.85. The molecule has 1 aromatic carbocycles. The van der Waals surface area contributed by atoms with Gasteiger partial charge < -0.3 is 5.73 Å². The largest absolute Gasteiger partial charge is 0.326 e. The molecule has 0 aliphatic heterocycles. The van der Waals surface area contributed by atoms with E-state index in [0.29, 0.717) is 10.0 Å². The summed E-state index contributed by atoms with van der Waals surface area (Å²) in [5.41, 5.74) is 6.29. The first kappa shape index (κ1) is 16.7. The predicted molar refractivity (Wildman–Crippen MR) is 95.3 cm³/mol. The molecule has 0 saturated carbocycles. The number of hydrogen-bond donors (Lipinski definition) is 1. The van der Waals surface area contributed by atoms with Gasteiger partial charge in [-0.25, -0.2) is 0 Å². The maximum atomic E-state index is 6.29. The Labute approximate surface area is 146 Å². The van der Waals surface area contributed by atoms with Crippen LogP contribution in [-0.4, -0.2) is 6.04 Å². The van der Waals surface area contributed by atoms with E-state index in [1.54, 1.807) is 29.2 Å². The van der Waals surface area contributed by atoms with Crippen LogP contribution in [0.3, 0.4) is 0 Å². The Morgan fingerprint density at radius 2 is 2.05 bits per heavy atom. The van der Waals surface area contributed by atoms with Gasteiger partial charge >= 0.3 is 0 Å². The van der Waals surface area contributed by atoms with Crippen LogP contribution in [0.5, 0.6) is 0 Å². The number of hydrogen-bond acceptors (Lipinski definition) is 3. The Bertz CT molecular complexity index is 588. The van der Waals surface area contributed by atoms with Gasteiger partial charge in [0.15, 0.2) is 0 Å². The number of thiophene rings is 1. The summed E-state index contributed by atoms with van der Waals surface area (Å²) in [7, 11) is 0. The molecule has 2 rings (SSSR count). The minimum atomic E-state index is 0.0700. The van der Waals surface area contributed by atoms with Crippen molar-refractivity contribution in [3.05, 3.63) is 49.0 Å². The molecule has 108 valence electrons. The molecule has 1 nitrogen and oxygen atoms in total. The Morgan fingerprint density at radius 1 is 1.30 bits per heavy atom. The fourth-order valence-corrected chi connectivity index (χ4v) is 5.23. The number of thioether (sulfide) groups is 1. The van der Waals surface area contributed by atoms with Gasteiger partial charge in [0.1, 0.15) is 0 Å². The highest BCUT2D eigenvalue weighted by atomic mass is 79.9. The minimum absolute atomic E-state index is 0.0700. The molecule has 1 aromatic heterocycles. The van der Waals surface area contributed by atoms with E-state index in [9.17, 15) is 0 Å². The zero-order valence-corrected chi connectivity index (χ0v) is 15.5. The van der Waals surface area contributed by atoms with Crippen LogP contribution < -0.4 is 5.73 Å². The summed E-state index contributed by atoms with van der Waals surface area (Å²) in [6.45, 7) is 2.10. The molecule has 0 aliphatic rings. The Hall–Kier alpha value is 0.290. The molecule has 0 amide bonds. The molecule has 0 saturated heterocycles. The van der Waals surface area contributed by atoms with Crippen LogP contribution in [0.1, 0.15) is 23.5 Å². The van der Waals surface area contributed by atoms with Gasteiger partial charge in [-0.3, -0.25) is 0 Å². The maximum absolute atomic E-state index is 6.29. The normalized spacial score (nSPS) is 14.2. The van der Waals surface area contributed by atoms with Gasteiger partial charge in [0, 0.05) is 20.8 Å². The fraction of sp³-hybridized carbons (Fsp3) is 0.286. The molecule has 1 heterocycles. The van der Waals surface area contributed by atoms with Gasteiger partial charge in [-0.2, -0.15) is 0 Å². The third-order valence-electron chi connectivity index (χ3n) is 2.88. The third-order valence-corrected chi connectivity index (χ3v) is 6.86. The number of rotatable bonds is 5. The standard InChI is InChI=1S/C14H14BrCl2NS2/c1-2-10(18)14(11-5-6-13(15)19-11)20-12-7-8(16)3-4-9(12)17/h3-7,10,14H,2,18H2,1H3. The van der Waals surface area contributed by atoms with Crippen molar-refractivity contribution in [3.8, 4) is 0 Å². The SMILES string of the molecule is CCC(N)C(Sc1cc(Cl)ccc1Cl)c1ccc(Br)s1. The smallest absolute Gasteiger partial charge is 0.0701 e. The van der Waals surface area contributed by atoms with E-state index >= 15 is 0 Å². The fourth-order valence-electron chi connectivity index (χ4n) is 1.76. The van der Waals surface area contributed by atoms with Crippen molar-refractivity contribution in [1.29, 1.82) is 0 Å². The first-order valence-corrected chi connectivity index (χ1v) is 9.38. The van der Waals surface area contributed by atoms with Crippen LogP contribution in [0.25, 0.3) is 0 Å². The van der Waals surface area contributed by atoms with Gasteiger partial charge in [-0.15, -0.1) is 23.1 Å². The van der Waals surface area contributed by atoms with Crippen molar-refractivity contribution in [2.75, 3.05) is 0 Å². The Kier molecular flexibility index (Phi) is 6.26. The second kappa shape index (κ2) is 7.52. The first-order valence-electron chi connectivity index (χ1n) is 6.13. The molecule has 20 heavy (non-hydrogen) atoms. The Morgan fingerprint density at radius 3 is 2.65 bits per heavy atom. The molecule has 6 heteroatoms. The van der Waals surface area contributed by atoms with E-state index in [2.05, 4.69) is 35.0 Å². The predicted octanol–water partition coefficient (Wildman–Crippen LogP) is 6.39. The first-order chi connectivity index (χ1) is 9.51. The topological polar surface area (TPSA) is 26.0 Å². The summed E-state index contributed by atoms with van der Waals surface area (Å²) < 4.78 is 1.11. The lowest BCUT2D eigenvalue weighted by Crippen LogP contribution is -2.25. The summed E-state index contributed by atoms with van der Waals surface area (Å²) in [6.07, 6.45) is 0.908. The van der Waals surface area contributed by atoms with Crippen LogP contribution in [0.15, 0.2) is 39.0 Å². The van der Waals surface area contributed by atoms with Crippen LogP contribution in [0.2, 0.25) is 10.0 Å². The molecule has 0 spiro atoms. The molecule has 2 atom stereocenters. The Balaban J connectivity index is 2.30. The molecule has 0 bridgehead atoms. The zero-order valence-electron chi connectivity index (χ0n) is 10.8. The van der Waals surface area contributed by atoms with Gasteiger partial charge in [0.25, 0.3) is 0 Å². The summed E-state index contributed by atoms with van der Waals surface area (Å²) >= 11 is 19.2. The summed E-state index contributed by atoms with van der Waals surface area (Å²) in [5.74, 6) is 0. The quantitative estimate of drug-likeness (QED) is 0.578. The minimum Gasteiger partial charge on any atom is -0.326 e. The number of nitrogens with two attached hydrogens (primary N) is 1. The van der Waals surface area contributed by atoms with E-state index < -0.39 is 0 Å². The van der Waals surface area contributed by atoms with Crippen LogP contribution in [-0.2, 0) is 0 Å². The molecule has 2 aromatic rings. The average Bonchev–Trinajstić information content (AvgIpc) is 2.85. The molecular formula is C14H14BrCl2NS2. The highest BCUT2D eigenvalue weighted by Crippen LogP contribution is 2.44. The van der Waals surface area contributed by atoms with Crippen molar-refractivity contribution in [2.24, 2.45) is 5.73 Å². The average molecular weight is 411 g/mol. The lowest BCUT2D eigenvalue weighted by atomic mass is 10.1. The number of halogens is 3. The third kappa shape index (κ3) is 4.15. The van der Waals surface area contributed by atoms with E-state index in [1.165, 1.54) is 4.88 Å². The van der Waals surface area contributed by atoms with Gasteiger partial charge in [-0.1, -0.05) is 30.1 Å². The van der Waals surface area contributed by atoms with Crippen molar-refractivity contribution >= 4 is 62.2 Å². The lowest BCUT2D eigenvalue weighted by Gasteiger charge is -2.22. The lowest BCUT2D eigenvalue weighted by molar-refractivity contribution is 0.640. The molecule has 0 fully saturated rings. The highest BCUT2D eigenvalue weighted by molar-refractivity contribution is 9.11. The summed E-state index contributed by atoms with van der Waals surface area (Å²) in [6, 6.07) is 9.75. The molecule has 2 unspecified atom stereocenters. The van der Waals surface area contributed by atoms with Gasteiger partial charge in [-0.05, 0) is 52.7 Å². The monoisotopic (exact) mass is 409 g/mol. The molecule has 0 radical (unpaired) electrons. The zero-order chi connectivity index (χ0) is 14.7.